The van der Waals surface area contributed by atoms with Gasteiger partial charge in [-0.1, -0.05) is 48.0 Å². The van der Waals surface area contributed by atoms with Gasteiger partial charge in [0.25, 0.3) is 10.0 Å². The number of ether oxygens (including phenoxy) is 3. The number of methoxy groups -OCH3 is 3. The van der Waals surface area contributed by atoms with Crippen LogP contribution < -0.4 is 9.47 Å². The van der Waals surface area contributed by atoms with Crippen LogP contribution in [-0.2, 0) is 26.0 Å². The van der Waals surface area contributed by atoms with Crippen molar-refractivity contribution in [1.29, 1.82) is 0 Å². The van der Waals surface area contributed by atoms with Gasteiger partial charge in [0.15, 0.2) is 11.5 Å². The molecular weight excluding hydrogens is 478 g/mol. The van der Waals surface area contributed by atoms with Crippen LogP contribution in [0.5, 0.6) is 11.5 Å². The van der Waals surface area contributed by atoms with Crippen molar-refractivity contribution < 1.29 is 27.4 Å². The van der Waals surface area contributed by atoms with E-state index in [1.165, 1.54) is 19.2 Å². The smallest absolute Gasteiger partial charge is 0.268 e. The monoisotopic (exact) mass is 509 g/mol. The average molecular weight is 510 g/mol. The van der Waals surface area contributed by atoms with Crippen molar-refractivity contribution in [2.24, 2.45) is 5.92 Å². The van der Waals surface area contributed by atoms with E-state index in [0.29, 0.717) is 24.3 Å². The van der Waals surface area contributed by atoms with E-state index in [1.54, 1.807) is 26.4 Å². The molecule has 1 aliphatic rings. The van der Waals surface area contributed by atoms with Crippen molar-refractivity contribution in [3.05, 3.63) is 89.0 Å². The summed E-state index contributed by atoms with van der Waals surface area (Å²) in [5.74, 6) is -0.294. The summed E-state index contributed by atoms with van der Waals surface area (Å²) in [5.41, 5.74) is 3.82. The molecule has 0 spiro atoms. The van der Waals surface area contributed by atoms with Crippen LogP contribution >= 0.6 is 0 Å². The highest BCUT2D eigenvalue weighted by atomic mass is 32.2. The molecule has 2 atom stereocenters. The number of carbonyl (C=O) groups excluding carboxylic acids is 1. The third-order valence-electron chi connectivity index (χ3n) is 6.68. The Hall–Kier alpha value is -3.36. The first-order valence-electron chi connectivity index (χ1n) is 11.7. The first-order chi connectivity index (χ1) is 17.3. The van der Waals surface area contributed by atoms with E-state index in [1.807, 2.05) is 49.4 Å². The zero-order valence-corrected chi connectivity index (χ0v) is 21.7. The lowest BCUT2D eigenvalue weighted by atomic mass is 9.71. The Kier molecular flexibility index (Phi) is 7.66. The van der Waals surface area contributed by atoms with Gasteiger partial charge in [0.1, 0.15) is 6.73 Å². The number of nitrogens with zero attached hydrogens (tertiary/aromatic N) is 1. The molecule has 190 valence electrons. The molecule has 7 nitrogen and oxygen atoms in total. The Balaban J connectivity index is 1.82. The van der Waals surface area contributed by atoms with E-state index in [4.69, 9.17) is 14.2 Å². The maximum Gasteiger partial charge on any atom is 0.268 e. The molecule has 0 fully saturated rings. The van der Waals surface area contributed by atoms with Crippen LogP contribution in [-0.4, -0.2) is 46.7 Å². The third kappa shape index (κ3) is 4.83. The summed E-state index contributed by atoms with van der Waals surface area (Å²) < 4.78 is 44.3. The summed E-state index contributed by atoms with van der Waals surface area (Å²) in [6.07, 6.45) is 1.07. The summed E-state index contributed by atoms with van der Waals surface area (Å²) in [7, 11) is 0.422. The minimum absolute atomic E-state index is 0.0531. The highest BCUT2D eigenvalue weighted by Crippen LogP contribution is 2.46. The largest absolute Gasteiger partial charge is 0.493 e. The van der Waals surface area contributed by atoms with Crippen molar-refractivity contribution >= 4 is 15.9 Å². The molecule has 0 aromatic heterocycles. The number of benzene rings is 3. The number of aryl methyl sites for hydroxylation is 2. The Bertz CT molecular complexity index is 1320. The second-order valence-electron chi connectivity index (χ2n) is 8.86. The summed E-state index contributed by atoms with van der Waals surface area (Å²) in [6, 6.07) is 20.0. The number of fused-ring (bicyclic) bond motifs is 1. The SMILES string of the molecule is COCN(C(=O)[C@@H]1CCc2cc(OC)c(OC)cc2[C@H]1c1ccccc1)S(=O)(=O)c1ccc(C)cc1. The molecule has 36 heavy (non-hydrogen) atoms. The Morgan fingerprint density at radius 1 is 0.944 bits per heavy atom. The van der Waals surface area contributed by atoms with Crippen LogP contribution in [0.4, 0.5) is 0 Å². The number of rotatable bonds is 8. The summed E-state index contributed by atoms with van der Waals surface area (Å²) in [6.45, 7) is 1.51. The van der Waals surface area contributed by atoms with Gasteiger partial charge in [0, 0.05) is 13.0 Å². The molecule has 4 rings (SSSR count). The van der Waals surface area contributed by atoms with Crippen LogP contribution in [0.25, 0.3) is 0 Å². The normalized spacial score (nSPS) is 17.2. The first-order valence-corrected chi connectivity index (χ1v) is 13.2. The molecule has 0 N–H and O–H groups in total. The highest BCUT2D eigenvalue weighted by Gasteiger charge is 2.42. The second-order valence-corrected chi connectivity index (χ2v) is 10.7. The van der Waals surface area contributed by atoms with Gasteiger partial charge in [-0.3, -0.25) is 4.79 Å². The lowest BCUT2D eigenvalue weighted by molar-refractivity contribution is -0.134. The van der Waals surface area contributed by atoms with Gasteiger partial charge in [-0.05, 0) is 60.7 Å². The molecule has 1 amide bonds. The minimum Gasteiger partial charge on any atom is -0.493 e. The number of hydrogen-bond acceptors (Lipinski definition) is 6. The number of sulfonamides is 1. The molecule has 0 bridgehead atoms. The van der Waals surface area contributed by atoms with E-state index in [2.05, 4.69) is 0 Å². The third-order valence-corrected chi connectivity index (χ3v) is 8.42. The molecule has 3 aromatic rings. The molecule has 0 aliphatic heterocycles. The lowest BCUT2D eigenvalue weighted by Crippen LogP contribution is -2.44. The lowest BCUT2D eigenvalue weighted by Gasteiger charge is -2.36. The van der Waals surface area contributed by atoms with E-state index in [-0.39, 0.29) is 17.5 Å². The van der Waals surface area contributed by atoms with Crippen molar-refractivity contribution in [1.82, 2.24) is 4.31 Å². The van der Waals surface area contributed by atoms with Crippen LogP contribution in [0, 0.1) is 12.8 Å². The Morgan fingerprint density at radius 3 is 2.19 bits per heavy atom. The van der Waals surface area contributed by atoms with Crippen LogP contribution in [0.2, 0.25) is 0 Å². The van der Waals surface area contributed by atoms with Gasteiger partial charge in [-0.2, -0.15) is 0 Å². The van der Waals surface area contributed by atoms with E-state index in [0.717, 1.165) is 26.6 Å². The molecule has 0 saturated carbocycles. The summed E-state index contributed by atoms with van der Waals surface area (Å²) >= 11 is 0. The van der Waals surface area contributed by atoms with Gasteiger partial charge >= 0.3 is 0 Å². The molecule has 0 heterocycles. The molecular formula is C28H31NO6S. The highest BCUT2D eigenvalue weighted by molar-refractivity contribution is 7.89. The maximum absolute atomic E-state index is 14.1. The van der Waals surface area contributed by atoms with Gasteiger partial charge in [0.05, 0.1) is 25.0 Å². The van der Waals surface area contributed by atoms with Gasteiger partial charge in [-0.15, -0.1) is 0 Å². The molecule has 0 saturated heterocycles. The Labute approximate surface area is 212 Å². The number of carbonyl (C=O) groups is 1. The quantitative estimate of drug-likeness (QED) is 0.415. The molecule has 1 aliphatic carbocycles. The number of hydrogen-bond donors (Lipinski definition) is 0. The van der Waals surface area contributed by atoms with Crippen LogP contribution in [0.3, 0.4) is 0 Å². The molecule has 3 aromatic carbocycles. The van der Waals surface area contributed by atoms with Crippen molar-refractivity contribution in [3.63, 3.8) is 0 Å². The van der Waals surface area contributed by atoms with Crippen molar-refractivity contribution in [2.45, 2.75) is 30.6 Å². The first kappa shape index (κ1) is 25.7. The van der Waals surface area contributed by atoms with Gasteiger partial charge < -0.3 is 14.2 Å². The fourth-order valence-corrected chi connectivity index (χ4v) is 6.22. The summed E-state index contributed by atoms with van der Waals surface area (Å²) in [5, 5.41) is 0. The topological polar surface area (TPSA) is 82.1 Å². The predicted molar refractivity (Wildman–Crippen MR) is 137 cm³/mol. The fraction of sp³-hybridized carbons (Fsp3) is 0.321. The van der Waals surface area contributed by atoms with Crippen LogP contribution in [0.15, 0.2) is 71.6 Å². The maximum atomic E-state index is 14.1. The minimum atomic E-state index is -4.12. The fourth-order valence-electron chi connectivity index (χ4n) is 4.87. The number of amides is 1. The Morgan fingerprint density at radius 2 is 1.58 bits per heavy atom. The van der Waals surface area contributed by atoms with Gasteiger partial charge in [-0.25, -0.2) is 12.7 Å². The second kappa shape index (κ2) is 10.7. The molecule has 0 radical (unpaired) electrons. The van der Waals surface area contributed by atoms with E-state index < -0.39 is 21.8 Å². The zero-order valence-electron chi connectivity index (χ0n) is 20.9. The van der Waals surface area contributed by atoms with Crippen LogP contribution in [0.1, 0.15) is 34.6 Å². The van der Waals surface area contributed by atoms with Crippen molar-refractivity contribution in [3.8, 4) is 11.5 Å². The summed E-state index contributed by atoms with van der Waals surface area (Å²) in [4.78, 5) is 14.1. The predicted octanol–water partition coefficient (Wildman–Crippen LogP) is 4.53. The average Bonchev–Trinajstić information content (AvgIpc) is 2.90. The standard InChI is InChI=1S/C28H31NO6S/c1-19-10-13-22(14-11-19)36(31,32)29(18-33-2)28(30)23-15-12-21-16-25(34-3)26(35-4)17-24(21)27(23)20-8-6-5-7-9-20/h5-11,13-14,16-17,23,27H,12,15,18H2,1-4H3/t23-,27+/m1/s1. The van der Waals surface area contributed by atoms with Gasteiger partial charge in [0.2, 0.25) is 5.91 Å². The zero-order chi connectivity index (χ0) is 25.9. The van der Waals surface area contributed by atoms with E-state index in [9.17, 15) is 13.2 Å². The van der Waals surface area contributed by atoms with Crippen molar-refractivity contribution in [2.75, 3.05) is 28.1 Å². The molecule has 8 heteroatoms. The molecule has 0 unspecified atom stereocenters. The van der Waals surface area contributed by atoms with E-state index >= 15 is 0 Å².